The first-order valence-corrected chi connectivity index (χ1v) is 5.91. The van der Waals surface area contributed by atoms with Crippen LogP contribution in [-0.4, -0.2) is 33.5 Å². The number of aryl methyl sites for hydroxylation is 1. The van der Waals surface area contributed by atoms with Crippen molar-refractivity contribution in [2.24, 2.45) is 5.92 Å². The predicted octanol–water partition coefficient (Wildman–Crippen LogP) is 1.75. The second kappa shape index (κ2) is 4.39. The van der Waals surface area contributed by atoms with E-state index in [1.807, 2.05) is 10.9 Å². The Hall–Kier alpha value is -0.770. The number of hydrogen-bond donors (Lipinski definition) is 0. The summed E-state index contributed by atoms with van der Waals surface area (Å²) >= 11 is 6.23. The number of hydrogen-bond acceptors (Lipinski definition) is 3. The molecule has 0 spiro atoms. The minimum absolute atomic E-state index is 0.244. The summed E-state index contributed by atoms with van der Waals surface area (Å²) in [6, 6.07) is 0. The highest BCUT2D eigenvalue weighted by Crippen LogP contribution is 2.24. The highest BCUT2D eigenvalue weighted by Gasteiger charge is 2.25. The van der Waals surface area contributed by atoms with Gasteiger partial charge in [-0.05, 0) is 19.3 Å². The highest BCUT2D eigenvalue weighted by molar-refractivity contribution is 6.21. The maximum Gasteiger partial charge on any atom is 0.147 e. The predicted molar refractivity (Wildman–Crippen MR) is 61.3 cm³/mol. The number of alkyl halides is 1. The molecule has 15 heavy (non-hydrogen) atoms. The minimum atomic E-state index is 0.244. The van der Waals surface area contributed by atoms with Crippen molar-refractivity contribution in [1.29, 1.82) is 0 Å². The molecule has 0 aliphatic carbocycles. The summed E-state index contributed by atoms with van der Waals surface area (Å²) < 4.78 is 1.92. The normalized spacial score (nSPS) is 27.0. The van der Waals surface area contributed by atoms with Gasteiger partial charge in [0.1, 0.15) is 5.82 Å². The topological polar surface area (TPSA) is 34.0 Å². The van der Waals surface area contributed by atoms with Crippen molar-refractivity contribution >= 4 is 17.4 Å². The number of piperidine rings is 1. The van der Waals surface area contributed by atoms with Gasteiger partial charge < -0.3 is 4.90 Å². The molecule has 0 bridgehead atoms. The molecule has 1 saturated heterocycles. The van der Waals surface area contributed by atoms with Gasteiger partial charge in [-0.15, -0.1) is 16.7 Å². The molecule has 2 rings (SSSR count). The Morgan fingerprint density at radius 3 is 3.00 bits per heavy atom. The highest BCUT2D eigenvalue weighted by atomic mass is 35.5. The average Bonchev–Trinajstić information content (AvgIpc) is 2.63. The lowest BCUT2D eigenvalue weighted by atomic mass is 10.00. The quantitative estimate of drug-likeness (QED) is 0.724. The van der Waals surface area contributed by atoms with E-state index >= 15 is 0 Å². The van der Waals surface area contributed by atoms with Crippen molar-refractivity contribution in [3.8, 4) is 0 Å². The van der Waals surface area contributed by atoms with Gasteiger partial charge in [0.2, 0.25) is 0 Å². The second-order valence-electron chi connectivity index (χ2n) is 4.25. The maximum absolute atomic E-state index is 6.23. The lowest BCUT2D eigenvalue weighted by molar-refractivity contribution is 0.442. The van der Waals surface area contributed by atoms with Crippen molar-refractivity contribution in [3.63, 3.8) is 0 Å². The van der Waals surface area contributed by atoms with Crippen LogP contribution in [0.2, 0.25) is 0 Å². The van der Waals surface area contributed by atoms with Crippen LogP contribution in [0.15, 0.2) is 6.20 Å². The van der Waals surface area contributed by atoms with E-state index in [2.05, 4.69) is 29.1 Å². The first-order valence-electron chi connectivity index (χ1n) is 5.48. The van der Waals surface area contributed by atoms with Gasteiger partial charge in [0.05, 0.1) is 11.6 Å². The summed E-state index contributed by atoms with van der Waals surface area (Å²) in [7, 11) is 0. The third-order valence-electron chi connectivity index (χ3n) is 2.83. The molecule has 2 atom stereocenters. The molecule has 0 radical (unpaired) electrons. The molecule has 0 saturated carbocycles. The molecular weight excluding hydrogens is 212 g/mol. The van der Waals surface area contributed by atoms with Gasteiger partial charge >= 0.3 is 0 Å². The van der Waals surface area contributed by atoms with Gasteiger partial charge in [-0.2, -0.15) is 0 Å². The van der Waals surface area contributed by atoms with E-state index in [1.165, 1.54) is 0 Å². The Morgan fingerprint density at radius 1 is 1.53 bits per heavy atom. The molecule has 2 heterocycles. The summed E-state index contributed by atoms with van der Waals surface area (Å²) in [5.41, 5.74) is 0. The van der Waals surface area contributed by atoms with Crippen molar-refractivity contribution in [2.45, 2.75) is 32.2 Å². The standard InChI is InChI=1S/C10H17ClN4/c1-3-15-10(5-12-13-15)14-6-8(2)4-9(11)7-14/h5,8-9H,3-4,6-7H2,1-2H3. The third-order valence-corrected chi connectivity index (χ3v) is 3.15. The molecule has 2 unspecified atom stereocenters. The number of aromatic nitrogens is 3. The molecule has 0 N–H and O–H groups in total. The Labute approximate surface area is 95.2 Å². The monoisotopic (exact) mass is 228 g/mol. The van der Waals surface area contributed by atoms with E-state index in [1.54, 1.807) is 0 Å². The Kier molecular flexibility index (Phi) is 3.14. The van der Waals surface area contributed by atoms with Crippen LogP contribution >= 0.6 is 11.6 Å². The zero-order valence-electron chi connectivity index (χ0n) is 9.23. The van der Waals surface area contributed by atoms with E-state index < -0.39 is 0 Å². The molecule has 1 aliphatic heterocycles. The van der Waals surface area contributed by atoms with Crippen molar-refractivity contribution < 1.29 is 0 Å². The Morgan fingerprint density at radius 2 is 2.33 bits per heavy atom. The van der Waals surface area contributed by atoms with Crippen LogP contribution in [0, 0.1) is 5.92 Å². The van der Waals surface area contributed by atoms with E-state index in [0.717, 1.165) is 31.9 Å². The van der Waals surface area contributed by atoms with E-state index in [0.29, 0.717) is 5.92 Å². The zero-order valence-corrected chi connectivity index (χ0v) is 9.98. The molecular formula is C10H17ClN4. The second-order valence-corrected chi connectivity index (χ2v) is 4.87. The van der Waals surface area contributed by atoms with Crippen LogP contribution in [-0.2, 0) is 6.54 Å². The van der Waals surface area contributed by atoms with E-state index in [9.17, 15) is 0 Å². The largest absolute Gasteiger partial charge is 0.354 e. The Balaban J connectivity index is 2.16. The van der Waals surface area contributed by atoms with Crippen molar-refractivity contribution in [2.75, 3.05) is 18.0 Å². The summed E-state index contributed by atoms with van der Waals surface area (Å²) in [6.07, 6.45) is 2.93. The number of nitrogens with zero attached hydrogens (tertiary/aromatic N) is 4. The van der Waals surface area contributed by atoms with Crippen LogP contribution < -0.4 is 4.90 Å². The minimum Gasteiger partial charge on any atom is -0.354 e. The molecule has 0 amide bonds. The molecule has 1 aromatic rings. The van der Waals surface area contributed by atoms with Crippen molar-refractivity contribution in [3.05, 3.63) is 6.20 Å². The summed E-state index contributed by atoms with van der Waals surface area (Å²) in [5, 5.41) is 8.23. The molecule has 84 valence electrons. The molecule has 1 aromatic heterocycles. The fraction of sp³-hybridized carbons (Fsp3) is 0.800. The van der Waals surface area contributed by atoms with Gasteiger partial charge in [-0.3, -0.25) is 0 Å². The SMILES string of the molecule is CCn1nncc1N1CC(C)CC(Cl)C1. The van der Waals surface area contributed by atoms with E-state index in [-0.39, 0.29) is 5.38 Å². The number of rotatable bonds is 2. The van der Waals surface area contributed by atoms with Crippen molar-refractivity contribution in [1.82, 2.24) is 15.0 Å². The molecule has 1 fully saturated rings. The smallest absolute Gasteiger partial charge is 0.147 e. The molecule has 1 aliphatic rings. The van der Waals surface area contributed by atoms with Gasteiger partial charge in [0, 0.05) is 19.6 Å². The van der Waals surface area contributed by atoms with Gasteiger partial charge in [0.25, 0.3) is 0 Å². The fourth-order valence-corrected chi connectivity index (χ4v) is 2.66. The summed E-state index contributed by atoms with van der Waals surface area (Å²) in [5.74, 6) is 1.73. The van der Waals surface area contributed by atoms with Gasteiger partial charge in [-0.25, -0.2) is 4.68 Å². The van der Waals surface area contributed by atoms with Gasteiger partial charge in [0.15, 0.2) is 0 Å². The lowest BCUT2D eigenvalue weighted by Crippen LogP contribution is -2.41. The zero-order chi connectivity index (χ0) is 10.8. The molecule has 4 nitrogen and oxygen atoms in total. The summed E-state index contributed by atoms with van der Waals surface area (Å²) in [4.78, 5) is 2.29. The van der Waals surface area contributed by atoms with Crippen LogP contribution in [0.3, 0.4) is 0 Å². The first-order chi connectivity index (χ1) is 7.20. The summed E-state index contributed by atoms with van der Waals surface area (Å²) in [6.45, 7) is 7.12. The molecule has 5 heteroatoms. The third kappa shape index (κ3) is 2.25. The lowest BCUT2D eigenvalue weighted by Gasteiger charge is -2.34. The van der Waals surface area contributed by atoms with Crippen LogP contribution in [0.1, 0.15) is 20.3 Å². The van der Waals surface area contributed by atoms with E-state index in [4.69, 9.17) is 11.6 Å². The molecule has 0 aromatic carbocycles. The van der Waals surface area contributed by atoms with Crippen LogP contribution in [0.5, 0.6) is 0 Å². The maximum atomic E-state index is 6.23. The number of anilines is 1. The number of halogens is 1. The average molecular weight is 229 g/mol. The fourth-order valence-electron chi connectivity index (χ4n) is 2.19. The van der Waals surface area contributed by atoms with Crippen LogP contribution in [0.4, 0.5) is 5.82 Å². The Bertz CT molecular complexity index is 315. The first kappa shape index (κ1) is 10.7. The van der Waals surface area contributed by atoms with Crippen LogP contribution in [0.25, 0.3) is 0 Å². The van der Waals surface area contributed by atoms with Gasteiger partial charge in [-0.1, -0.05) is 12.1 Å².